The molecule has 0 N–H and O–H groups in total. The van der Waals surface area contributed by atoms with Gasteiger partial charge in [0.2, 0.25) is 15.9 Å². The van der Waals surface area contributed by atoms with E-state index in [2.05, 4.69) is 28.3 Å². The van der Waals surface area contributed by atoms with Crippen molar-refractivity contribution in [1.29, 1.82) is 0 Å². The van der Waals surface area contributed by atoms with Crippen LogP contribution in [0.1, 0.15) is 38.4 Å². The largest absolute Gasteiger partial charge is 0.340 e. The minimum atomic E-state index is -3.15. The van der Waals surface area contributed by atoms with E-state index in [0.29, 0.717) is 31.8 Å². The molecule has 0 aromatic carbocycles. The minimum Gasteiger partial charge on any atom is -0.340 e. The maximum absolute atomic E-state index is 12.8. The molecule has 9 heteroatoms. The van der Waals surface area contributed by atoms with E-state index in [0.717, 1.165) is 45.1 Å². The van der Waals surface area contributed by atoms with Crippen molar-refractivity contribution in [3.05, 3.63) is 18.2 Å². The second-order valence-electron chi connectivity index (χ2n) is 8.24. The van der Waals surface area contributed by atoms with Gasteiger partial charge in [-0.2, -0.15) is 0 Å². The van der Waals surface area contributed by atoms with E-state index in [1.807, 2.05) is 17.3 Å². The number of amides is 1. The van der Waals surface area contributed by atoms with E-state index in [1.54, 1.807) is 0 Å². The Morgan fingerprint density at radius 1 is 1.11 bits per heavy atom. The summed E-state index contributed by atoms with van der Waals surface area (Å²) in [5, 5.41) is 0. The van der Waals surface area contributed by atoms with Crippen molar-refractivity contribution >= 4 is 15.9 Å². The van der Waals surface area contributed by atoms with Crippen molar-refractivity contribution in [1.82, 2.24) is 23.7 Å². The first kappa shape index (κ1) is 21.3. The van der Waals surface area contributed by atoms with E-state index in [9.17, 15) is 13.2 Å². The van der Waals surface area contributed by atoms with Crippen molar-refractivity contribution in [2.45, 2.75) is 39.2 Å². The molecule has 1 aromatic heterocycles. The van der Waals surface area contributed by atoms with Crippen LogP contribution in [0.3, 0.4) is 0 Å². The fraction of sp³-hybridized carbons (Fsp3) is 0.789. The lowest BCUT2D eigenvalue weighted by atomic mass is 9.96. The molecule has 3 heterocycles. The van der Waals surface area contributed by atoms with Crippen molar-refractivity contribution in [2.24, 2.45) is 5.92 Å². The number of piperidine rings is 1. The Morgan fingerprint density at radius 2 is 1.75 bits per heavy atom. The van der Waals surface area contributed by atoms with Crippen molar-refractivity contribution in [3.8, 4) is 0 Å². The summed E-state index contributed by atoms with van der Waals surface area (Å²) < 4.78 is 27.0. The smallest absolute Gasteiger partial charge is 0.225 e. The summed E-state index contributed by atoms with van der Waals surface area (Å²) in [6.45, 7) is 10.4. The Labute approximate surface area is 168 Å². The zero-order valence-corrected chi connectivity index (χ0v) is 18.1. The molecule has 2 aliphatic heterocycles. The number of hydrogen-bond acceptors (Lipinski definition) is 5. The Morgan fingerprint density at radius 3 is 2.32 bits per heavy atom. The first-order valence-electron chi connectivity index (χ1n) is 10.2. The van der Waals surface area contributed by atoms with Crippen LogP contribution in [0.4, 0.5) is 0 Å². The third-order valence-corrected chi connectivity index (χ3v) is 7.18. The van der Waals surface area contributed by atoms with E-state index in [4.69, 9.17) is 0 Å². The maximum Gasteiger partial charge on any atom is 0.225 e. The van der Waals surface area contributed by atoms with Gasteiger partial charge in [0.1, 0.15) is 5.82 Å². The standard InChI is InChI=1S/C19H33N5O3S/c1-16(2)18-20-6-9-22(18)13-10-21-11-14-23(15-12-21)19(25)17-4-7-24(8-5-17)28(3,26)27/h6,9,16-17H,4-5,7-8,10-15H2,1-3H3. The highest BCUT2D eigenvalue weighted by Crippen LogP contribution is 2.22. The Bertz CT molecular complexity index is 760. The molecule has 1 amide bonds. The number of nitrogens with zero attached hydrogens (tertiary/aromatic N) is 5. The molecule has 28 heavy (non-hydrogen) atoms. The number of piperazine rings is 1. The molecule has 2 aliphatic rings. The minimum absolute atomic E-state index is 0.0379. The Kier molecular flexibility index (Phi) is 6.77. The van der Waals surface area contributed by atoms with Gasteiger partial charge in [-0.3, -0.25) is 9.69 Å². The van der Waals surface area contributed by atoms with Gasteiger partial charge in [0.05, 0.1) is 6.26 Å². The van der Waals surface area contributed by atoms with Crippen LogP contribution >= 0.6 is 0 Å². The van der Waals surface area contributed by atoms with E-state index < -0.39 is 10.0 Å². The molecule has 158 valence electrons. The summed E-state index contributed by atoms with van der Waals surface area (Å²) in [5.74, 6) is 1.70. The number of rotatable bonds is 6. The lowest BCUT2D eigenvalue weighted by molar-refractivity contribution is -0.138. The number of sulfonamides is 1. The normalized spacial score (nSPS) is 20.8. The third kappa shape index (κ3) is 5.12. The van der Waals surface area contributed by atoms with Crippen molar-refractivity contribution in [2.75, 3.05) is 52.1 Å². The number of carbonyl (C=O) groups excluding carboxylic acids is 1. The molecule has 0 saturated carbocycles. The van der Waals surface area contributed by atoms with E-state index in [1.165, 1.54) is 10.6 Å². The van der Waals surface area contributed by atoms with Crippen LogP contribution in [0, 0.1) is 5.92 Å². The molecule has 0 unspecified atom stereocenters. The molecular weight excluding hydrogens is 378 g/mol. The monoisotopic (exact) mass is 411 g/mol. The summed E-state index contributed by atoms with van der Waals surface area (Å²) in [6, 6.07) is 0. The highest BCUT2D eigenvalue weighted by Gasteiger charge is 2.32. The van der Waals surface area contributed by atoms with Gasteiger partial charge in [-0.05, 0) is 12.8 Å². The first-order chi connectivity index (χ1) is 13.3. The Balaban J connectivity index is 1.42. The predicted octanol–water partition coefficient (Wildman–Crippen LogP) is 0.822. The molecule has 0 aliphatic carbocycles. The summed E-state index contributed by atoms with van der Waals surface area (Å²) in [7, 11) is -3.15. The lowest BCUT2D eigenvalue weighted by Gasteiger charge is -2.38. The second kappa shape index (κ2) is 8.92. The SMILES string of the molecule is CC(C)c1nccn1CCN1CCN(C(=O)C2CCN(S(C)(=O)=O)CC2)CC1. The molecule has 0 atom stereocenters. The number of carbonyl (C=O) groups is 1. The van der Waals surface area contributed by atoms with Gasteiger partial charge >= 0.3 is 0 Å². The molecule has 3 rings (SSSR count). The summed E-state index contributed by atoms with van der Waals surface area (Å²) in [4.78, 5) is 21.6. The van der Waals surface area contributed by atoms with Gasteiger partial charge in [0, 0.05) is 76.6 Å². The summed E-state index contributed by atoms with van der Waals surface area (Å²) in [6.07, 6.45) is 6.40. The van der Waals surface area contributed by atoms with Crippen LogP contribution in [0.2, 0.25) is 0 Å². The number of hydrogen-bond donors (Lipinski definition) is 0. The molecule has 0 bridgehead atoms. The van der Waals surface area contributed by atoms with Gasteiger partial charge in [-0.15, -0.1) is 0 Å². The number of imidazole rings is 1. The molecule has 2 fully saturated rings. The summed E-state index contributed by atoms with van der Waals surface area (Å²) >= 11 is 0. The van der Waals surface area contributed by atoms with E-state index in [-0.39, 0.29) is 11.8 Å². The zero-order valence-electron chi connectivity index (χ0n) is 17.2. The molecular formula is C19H33N5O3S. The molecule has 0 radical (unpaired) electrons. The van der Waals surface area contributed by atoms with Crippen LogP contribution in [0.5, 0.6) is 0 Å². The van der Waals surface area contributed by atoms with Gasteiger partial charge in [-0.1, -0.05) is 13.8 Å². The predicted molar refractivity (Wildman–Crippen MR) is 108 cm³/mol. The van der Waals surface area contributed by atoms with Crippen LogP contribution in [0.15, 0.2) is 12.4 Å². The molecule has 2 saturated heterocycles. The van der Waals surface area contributed by atoms with Gasteiger partial charge < -0.3 is 9.47 Å². The third-order valence-electron chi connectivity index (χ3n) is 5.88. The fourth-order valence-corrected chi connectivity index (χ4v) is 5.02. The van der Waals surface area contributed by atoms with Gasteiger partial charge in [0.15, 0.2) is 0 Å². The average Bonchev–Trinajstić information content (AvgIpc) is 3.15. The maximum atomic E-state index is 12.8. The van der Waals surface area contributed by atoms with Crippen LogP contribution in [-0.2, 0) is 21.4 Å². The topological polar surface area (TPSA) is 78.8 Å². The highest BCUT2D eigenvalue weighted by molar-refractivity contribution is 7.88. The van der Waals surface area contributed by atoms with Crippen LogP contribution in [-0.4, -0.2) is 90.1 Å². The quantitative estimate of drug-likeness (QED) is 0.693. The second-order valence-corrected chi connectivity index (χ2v) is 10.2. The molecule has 0 spiro atoms. The molecule has 1 aromatic rings. The van der Waals surface area contributed by atoms with Crippen LogP contribution < -0.4 is 0 Å². The fourth-order valence-electron chi connectivity index (χ4n) is 4.14. The number of aromatic nitrogens is 2. The highest BCUT2D eigenvalue weighted by atomic mass is 32.2. The first-order valence-corrected chi connectivity index (χ1v) is 12.1. The van der Waals surface area contributed by atoms with Gasteiger partial charge in [0.25, 0.3) is 0 Å². The Hall–Kier alpha value is -1.45. The summed E-state index contributed by atoms with van der Waals surface area (Å²) in [5.41, 5.74) is 0. The average molecular weight is 412 g/mol. The zero-order chi connectivity index (χ0) is 20.3. The van der Waals surface area contributed by atoms with Crippen molar-refractivity contribution in [3.63, 3.8) is 0 Å². The molecule has 8 nitrogen and oxygen atoms in total. The van der Waals surface area contributed by atoms with Gasteiger partial charge in [-0.25, -0.2) is 17.7 Å². The lowest BCUT2D eigenvalue weighted by Crippen LogP contribution is -2.52. The van der Waals surface area contributed by atoms with Crippen molar-refractivity contribution < 1.29 is 13.2 Å². The van der Waals surface area contributed by atoms with E-state index >= 15 is 0 Å². The van der Waals surface area contributed by atoms with Crippen LogP contribution in [0.25, 0.3) is 0 Å².